The van der Waals surface area contributed by atoms with Crippen molar-refractivity contribution in [2.24, 2.45) is 0 Å². The van der Waals surface area contributed by atoms with Crippen LogP contribution in [0.25, 0.3) is 0 Å². The lowest BCUT2D eigenvalue weighted by atomic mass is 9.85. The maximum atomic E-state index is 4.19. The molecule has 10 radical (unpaired) electrons. The molecule has 0 unspecified atom stereocenters. The third-order valence-corrected chi connectivity index (χ3v) is 3.02. The SMILES string of the molecule is C=C([C]1[CH][CH][CH][CH]1)/C(=C\SC)[C]1[CH][CH][CH][CH]1. The maximum Gasteiger partial charge on any atom is 0.0132 e. The Hall–Kier alpha value is -0.170. The zero-order valence-electron chi connectivity index (χ0n) is 9.31. The van der Waals surface area contributed by atoms with Crippen LogP contribution < -0.4 is 0 Å². The van der Waals surface area contributed by atoms with Crippen LogP contribution in [-0.2, 0) is 0 Å². The van der Waals surface area contributed by atoms with Gasteiger partial charge in [0.05, 0.1) is 0 Å². The van der Waals surface area contributed by atoms with E-state index in [-0.39, 0.29) is 0 Å². The molecule has 16 heavy (non-hydrogen) atoms. The summed E-state index contributed by atoms with van der Waals surface area (Å²) in [7, 11) is 0. The Labute approximate surface area is 105 Å². The van der Waals surface area contributed by atoms with Crippen LogP contribution in [0.2, 0.25) is 0 Å². The normalized spacial score (nSPS) is 24.2. The molecule has 2 aliphatic rings. The van der Waals surface area contributed by atoms with Gasteiger partial charge in [0.1, 0.15) is 0 Å². The van der Waals surface area contributed by atoms with Gasteiger partial charge in [-0.3, -0.25) is 0 Å². The first kappa shape index (κ1) is 12.3. The average molecular weight is 226 g/mol. The monoisotopic (exact) mass is 226 g/mol. The molecule has 0 spiro atoms. The molecular formula is C15H14S. The Morgan fingerprint density at radius 1 is 1.00 bits per heavy atom. The van der Waals surface area contributed by atoms with Crippen molar-refractivity contribution in [3.8, 4) is 0 Å². The summed E-state index contributed by atoms with van der Waals surface area (Å²) in [6.07, 6.45) is 18.7. The molecule has 0 bridgehead atoms. The molecule has 0 saturated heterocycles. The maximum absolute atomic E-state index is 4.19. The van der Waals surface area contributed by atoms with Gasteiger partial charge >= 0.3 is 0 Å². The van der Waals surface area contributed by atoms with Gasteiger partial charge in [-0.05, 0) is 74.2 Å². The van der Waals surface area contributed by atoms with Crippen molar-refractivity contribution in [2.75, 3.05) is 6.26 Å². The molecule has 0 amide bonds. The Bertz CT molecular complexity index is 265. The van der Waals surface area contributed by atoms with E-state index in [2.05, 4.69) is 56.8 Å². The van der Waals surface area contributed by atoms with E-state index in [4.69, 9.17) is 0 Å². The zero-order chi connectivity index (χ0) is 11.4. The standard InChI is InChI=1S/C15H14S/c1-12(13-7-3-4-8-13)15(11-16-2)14-9-5-6-10-14/h3-11H,1H2,2H3/b15-11+. The summed E-state index contributed by atoms with van der Waals surface area (Å²) >= 11 is 1.71. The number of hydrogen-bond donors (Lipinski definition) is 0. The molecule has 1 heteroatoms. The molecule has 0 aromatic heterocycles. The van der Waals surface area contributed by atoms with E-state index in [1.165, 1.54) is 17.4 Å². The second-order valence-electron chi connectivity index (χ2n) is 3.59. The number of rotatable bonds is 4. The van der Waals surface area contributed by atoms with Crippen LogP contribution in [0.5, 0.6) is 0 Å². The third-order valence-electron chi connectivity index (χ3n) is 2.55. The molecule has 2 aliphatic carbocycles. The van der Waals surface area contributed by atoms with Crippen molar-refractivity contribution in [3.05, 3.63) is 86.3 Å². The van der Waals surface area contributed by atoms with Gasteiger partial charge in [-0.2, -0.15) is 0 Å². The molecule has 0 aliphatic heterocycles. The lowest BCUT2D eigenvalue weighted by Gasteiger charge is -2.20. The van der Waals surface area contributed by atoms with Crippen molar-refractivity contribution in [3.63, 3.8) is 0 Å². The van der Waals surface area contributed by atoms with Gasteiger partial charge in [-0.15, -0.1) is 11.8 Å². The summed E-state index contributed by atoms with van der Waals surface area (Å²) in [4.78, 5) is 0. The number of allylic oxidation sites excluding steroid dienone is 2. The highest BCUT2D eigenvalue weighted by atomic mass is 32.2. The van der Waals surface area contributed by atoms with Crippen molar-refractivity contribution in [1.82, 2.24) is 0 Å². The van der Waals surface area contributed by atoms with Crippen molar-refractivity contribution in [1.29, 1.82) is 0 Å². The number of hydrogen-bond acceptors (Lipinski definition) is 1. The predicted octanol–water partition coefficient (Wildman–Crippen LogP) is 3.60. The smallest absolute Gasteiger partial charge is 0.0132 e. The quantitative estimate of drug-likeness (QED) is 0.660. The summed E-state index contributed by atoms with van der Waals surface area (Å²) in [5.41, 5.74) is 2.30. The van der Waals surface area contributed by atoms with Gasteiger partial charge < -0.3 is 0 Å². The fraction of sp³-hybridized carbons (Fsp3) is 0.0667. The summed E-state index contributed by atoms with van der Waals surface area (Å²) in [5.74, 6) is 2.43. The van der Waals surface area contributed by atoms with E-state index in [1.54, 1.807) is 11.8 Å². The molecular weight excluding hydrogens is 212 g/mol. The molecule has 2 fully saturated rings. The lowest BCUT2D eigenvalue weighted by molar-refractivity contribution is 1.19. The minimum Gasteiger partial charge on any atom is -0.137 e. The minimum atomic E-state index is 1.09. The first-order valence-corrected chi connectivity index (χ1v) is 6.48. The fourth-order valence-electron chi connectivity index (χ4n) is 1.72. The van der Waals surface area contributed by atoms with Gasteiger partial charge in [0.2, 0.25) is 0 Å². The first-order chi connectivity index (χ1) is 7.83. The molecule has 0 aromatic rings. The summed E-state index contributed by atoms with van der Waals surface area (Å²) in [6.45, 7) is 4.19. The lowest BCUT2D eigenvalue weighted by Crippen LogP contribution is -2.06. The zero-order valence-corrected chi connectivity index (χ0v) is 10.1. The highest BCUT2D eigenvalue weighted by molar-refractivity contribution is 8.01. The van der Waals surface area contributed by atoms with Crippen LogP contribution in [0, 0.1) is 63.2 Å². The van der Waals surface area contributed by atoms with Crippen LogP contribution in [-0.4, -0.2) is 6.26 Å². The molecule has 2 saturated carbocycles. The van der Waals surface area contributed by atoms with Crippen molar-refractivity contribution >= 4 is 11.8 Å². The van der Waals surface area contributed by atoms with Gasteiger partial charge in [0.25, 0.3) is 0 Å². The second kappa shape index (κ2) is 5.95. The van der Waals surface area contributed by atoms with E-state index in [0.717, 1.165) is 5.57 Å². The summed E-state index contributed by atoms with van der Waals surface area (Å²) < 4.78 is 0. The summed E-state index contributed by atoms with van der Waals surface area (Å²) in [6, 6.07) is 0. The van der Waals surface area contributed by atoms with E-state index in [1.807, 2.05) is 12.8 Å². The average Bonchev–Trinajstić information content (AvgIpc) is 2.96. The number of thioether (sulfide) groups is 1. The van der Waals surface area contributed by atoms with Crippen LogP contribution in [0.3, 0.4) is 0 Å². The Morgan fingerprint density at radius 3 is 2.00 bits per heavy atom. The van der Waals surface area contributed by atoms with Crippen LogP contribution in [0.4, 0.5) is 0 Å². The highest BCUT2D eigenvalue weighted by Crippen LogP contribution is 2.41. The van der Waals surface area contributed by atoms with E-state index in [0.29, 0.717) is 0 Å². The highest BCUT2D eigenvalue weighted by Gasteiger charge is 2.28. The molecule has 0 heterocycles. The van der Waals surface area contributed by atoms with Crippen LogP contribution >= 0.6 is 11.8 Å². The Kier molecular flexibility index (Phi) is 4.57. The molecule has 0 aromatic carbocycles. The molecule has 0 nitrogen and oxygen atoms in total. The molecule has 80 valence electrons. The van der Waals surface area contributed by atoms with E-state index in [9.17, 15) is 0 Å². The largest absolute Gasteiger partial charge is 0.137 e. The molecule has 0 atom stereocenters. The Morgan fingerprint density at radius 2 is 1.50 bits per heavy atom. The van der Waals surface area contributed by atoms with Gasteiger partial charge in [-0.25, -0.2) is 0 Å². The van der Waals surface area contributed by atoms with E-state index >= 15 is 0 Å². The predicted molar refractivity (Wildman–Crippen MR) is 71.6 cm³/mol. The van der Waals surface area contributed by atoms with Gasteiger partial charge in [-0.1, -0.05) is 6.58 Å². The van der Waals surface area contributed by atoms with Crippen molar-refractivity contribution in [2.45, 2.75) is 0 Å². The van der Waals surface area contributed by atoms with Gasteiger partial charge in [0, 0.05) is 11.8 Å². The molecule has 2 rings (SSSR count). The first-order valence-electron chi connectivity index (χ1n) is 5.19. The molecule has 0 N–H and O–H groups in total. The summed E-state index contributed by atoms with van der Waals surface area (Å²) in [5, 5.41) is 2.16. The Balaban J connectivity index is 2.05. The fourth-order valence-corrected chi connectivity index (χ4v) is 2.23. The third kappa shape index (κ3) is 2.74. The van der Waals surface area contributed by atoms with E-state index < -0.39 is 0 Å². The van der Waals surface area contributed by atoms with Crippen LogP contribution in [0.15, 0.2) is 23.1 Å². The van der Waals surface area contributed by atoms with Gasteiger partial charge in [0.15, 0.2) is 0 Å². The van der Waals surface area contributed by atoms with Crippen LogP contribution in [0.1, 0.15) is 0 Å². The van der Waals surface area contributed by atoms with Crippen molar-refractivity contribution < 1.29 is 0 Å². The second-order valence-corrected chi connectivity index (χ2v) is 4.30. The topological polar surface area (TPSA) is 0 Å². The minimum absolute atomic E-state index is 1.09.